The summed E-state index contributed by atoms with van der Waals surface area (Å²) in [6.07, 6.45) is 2.45. The van der Waals surface area contributed by atoms with Crippen molar-refractivity contribution in [2.45, 2.75) is 51.4 Å². The van der Waals surface area contributed by atoms with Gasteiger partial charge in [-0.1, -0.05) is 12.0 Å². The van der Waals surface area contributed by atoms with Crippen LogP contribution in [0.2, 0.25) is 0 Å². The van der Waals surface area contributed by atoms with Crippen LogP contribution in [0.3, 0.4) is 0 Å². The van der Waals surface area contributed by atoms with Crippen molar-refractivity contribution in [2.24, 2.45) is 11.0 Å². The first kappa shape index (κ1) is 13.8. The molecule has 1 saturated heterocycles. The molecule has 1 heterocycles. The van der Waals surface area contributed by atoms with Gasteiger partial charge in [-0.25, -0.2) is 0 Å². The van der Waals surface area contributed by atoms with Gasteiger partial charge in [0.25, 0.3) is 0 Å². The summed E-state index contributed by atoms with van der Waals surface area (Å²) in [5.41, 5.74) is 8.31. The number of rotatable bonds is 5. The van der Waals surface area contributed by atoms with Gasteiger partial charge in [-0.05, 0) is 31.7 Å². The van der Waals surface area contributed by atoms with E-state index in [1.54, 1.807) is 0 Å². The SMILES string of the molecule is COC(=O)[C@H](C)[C@H]1CC[C@@H](C[C@H](C)N=[N+]=[N-])O1. The lowest BCUT2D eigenvalue weighted by Crippen LogP contribution is -2.27. The molecule has 0 aromatic carbocycles. The molecule has 1 aliphatic rings. The van der Waals surface area contributed by atoms with Gasteiger partial charge in [-0.15, -0.1) is 0 Å². The zero-order chi connectivity index (χ0) is 12.8. The van der Waals surface area contributed by atoms with Crippen LogP contribution in [0.5, 0.6) is 0 Å². The molecule has 6 nitrogen and oxygen atoms in total. The maximum Gasteiger partial charge on any atom is 0.311 e. The van der Waals surface area contributed by atoms with E-state index < -0.39 is 0 Å². The van der Waals surface area contributed by atoms with Crippen LogP contribution >= 0.6 is 0 Å². The fourth-order valence-corrected chi connectivity index (χ4v) is 2.13. The molecule has 0 aromatic rings. The lowest BCUT2D eigenvalue weighted by Gasteiger charge is -2.19. The summed E-state index contributed by atoms with van der Waals surface area (Å²) in [7, 11) is 1.38. The van der Waals surface area contributed by atoms with Gasteiger partial charge in [0.1, 0.15) is 0 Å². The third kappa shape index (κ3) is 3.91. The third-order valence-electron chi connectivity index (χ3n) is 3.12. The zero-order valence-corrected chi connectivity index (χ0v) is 10.5. The van der Waals surface area contributed by atoms with E-state index in [9.17, 15) is 4.79 Å². The second-order valence-electron chi connectivity index (χ2n) is 4.48. The molecule has 0 aliphatic carbocycles. The smallest absolute Gasteiger partial charge is 0.311 e. The zero-order valence-electron chi connectivity index (χ0n) is 10.5. The van der Waals surface area contributed by atoms with Crippen LogP contribution in [0, 0.1) is 5.92 Å². The molecular formula is C11H19N3O3. The van der Waals surface area contributed by atoms with Crippen molar-refractivity contribution in [2.75, 3.05) is 7.11 Å². The second kappa shape index (κ2) is 6.47. The van der Waals surface area contributed by atoms with Crippen molar-refractivity contribution in [3.05, 3.63) is 10.4 Å². The number of nitrogens with zero attached hydrogens (tertiary/aromatic N) is 3. The van der Waals surface area contributed by atoms with Crippen molar-refractivity contribution in [3.63, 3.8) is 0 Å². The number of carbonyl (C=O) groups is 1. The maximum atomic E-state index is 11.4. The lowest BCUT2D eigenvalue weighted by molar-refractivity contribution is -0.149. The van der Waals surface area contributed by atoms with Gasteiger partial charge < -0.3 is 9.47 Å². The summed E-state index contributed by atoms with van der Waals surface area (Å²) in [5.74, 6) is -0.474. The molecule has 0 radical (unpaired) electrons. The number of hydrogen-bond acceptors (Lipinski definition) is 4. The molecule has 0 aromatic heterocycles. The minimum absolute atomic E-state index is 0.0721. The molecule has 1 aliphatic heterocycles. The number of methoxy groups -OCH3 is 1. The summed E-state index contributed by atoms with van der Waals surface area (Å²) in [4.78, 5) is 14.1. The second-order valence-corrected chi connectivity index (χ2v) is 4.48. The molecule has 0 saturated carbocycles. The highest BCUT2D eigenvalue weighted by atomic mass is 16.5. The van der Waals surface area contributed by atoms with E-state index in [1.165, 1.54) is 7.11 Å². The van der Waals surface area contributed by atoms with Gasteiger partial charge in [0.15, 0.2) is 0 Å². The monoisotopic (exact) mass is 241 g/mol. The van der Waals surface area contributed by atoms with Crippen molar-refractivity contribution in [1.29, 1.82) is 0 Å². The largest absolute Gasteiger partial charge is 0.469 e. The average Bonchev–Trinajstić information content (AvgIpc) is 2.75. The van der Waals surface area contributed by atoms with E-state index in [0.29, 0.717) is 6.42 Å². The summed E-state index contributed by atoms with van der Waals surface area (Å²) in [6, 6.07) is -0.0721. The summed E-state index contributed by atoms with van der Waals surface area (Å²) >= 11 is 0. The van der Waals surface area contributed by atoms with E-state index in [-0.39, 0.29) is 30.1 Å². The highest BCUT2D eigenvalue weighted by Crippen LogP contribution is 2.28. The normalized spacial score (nSPS) is 27.0. The Balaban J connectivity index is 2.41. The molecule has 0 spiro atoms. The first-order chi connectivity index (χ1) is 8.08. The Labute approximate surface area is 101 Å². The molecule has 6 heteroatoms. The molecular weight excluding hydrogens is 222 g/mol. The highest BCUT2D eigenvalue weighted by molar-refractivity contribution is 5.72. The quantitative estimate of drug-likeness (QED) is 0.320. The number of ether oxygens (including phenoxy) is 2. The predicted octanol–water partition coefficient (Wildman–Crippen LogP) is 2.43. The standard InChI is InChI=1S/C11H19N3O3/c1-7(13-14-12)6-9-4-5-10(17-9)8(2)11(15)16-3/h7-10H,4-6H2,1-3H3/t7-,8+,9-,10+/m0/s1. The lowest BCUT2D eigenvalue weighted by atomic mass is 10.0. The minimum atomic E-state index is -0.237. The molecule has 17 heavy (non-hydrogen) atoms. The minimum Gasteiger partial charge on any atom is -0.469 e. The average molecular weight is 241 g/mol. The Morgan fingerprint density at radius 2 is 2.29 bits per heavy atom. The van der Waals surface area contributed by atoms with Gasteiger partial charge in [-0.2, -0.15) is 0 Å². The van der Waals surface area contributed by atoms with Crippen LogP contribution < -0.4 is 0 Å². The molecule has 0 amide bonds. The van der Waals surface area contributed by atoms with Gasteiger partial charge in [0.05, 0.1) is 25.2 Å². The molecule has 1 fully saturated rings. The molecule has 0 N–H and O–H groups in total. The van der Waals surface area contributed by atoms with E-state index in [0.717, 1.165) is 12.8 Å². The van der Waals surface area contributed by atoms with Gasteiger partial charge in [0, 0.05) is 11.0 Å². The van der Waals surface area contributed by atoms with Crippen LogP contribution in [0.25, 0.3) is 10.4 Å². The summed E-state index contributed by atoms with van der Waals surface area (Å²) in [5, 5.41) is 3.62. The van der Waals surface area contributed by atoms with Crippen molar-refractivity contribution in [1.82, 2.24) is 0 Å². The number of azide groups is 1. The van der Waals surface area contributed by atoms with Crippen LogP contribution in [0.4, 0.5) is 0 Å². The van der Waals surface area contributed by atoms with Crippen LogP contribution in [0.15, 0.2) is 5.11 Å². The number of carbonyl (C=O) groups excluding carboxylic acids is 1. The molecule has 0 unspecified atom stereocenters. The Bertz CT molecular complexity index is 315. The van der Waals surface area contributed by atoms with Crippen LogP contribution in [-0.2, 0) is 14.3 Å². The van der Waals surface area contributed by atoms with E-state index >= 15 is 0 Å². The highest BCUT2D eigenvalue weighted by Gasteiger charge is 2.33. The summed E-state index contributed by atoms with van der Waals surface area (Å²) in [6.45, 7) is 3.68. The number of esters is 1. The molecule has 96 valence electrons. The van der Waals surface area contributed by atoms with Gasteiger partial charge >= 0.3 is 5.97 Å². The first-order valence-electron chi connectivity index (χ1n) is 5.86. The van der Waals surface area contributed by atoms with Gasteiger partial charge in [0.2, 0.25) is 0 Å². The topological polar surface area (TPSA) is 84.3 Å². The molecule has 1 rings (SSSR count). The Hall–Kier alpha value is -1.26. The summed E-state index contributed by atoms with van der Waals surface area (Å²) < 4.78 is 10.5. The fourth-order valence-electron chi connectivity index (χ4n) is 2.13. The van der Waals surface area contributed by atoms with E-state index in [1.807, 2.05) is 13.8 Å². The van der Waals surface area contributed by atoms with E-state index in [2.05, 4.69) is 10.0 Å². The Morgan fingerprint density at radius 1 is 1.59 bits per heavy atom. The van der Waals surface area contributed by atoms with Crippen LogP contribution in [0.1, 0.15) is 33.1 Å². The van der Waals surface area contributed by atoms with E-state index in [4.69, 9.17) is 15.0 Å². The van der Waals surface area contributed by atoms with Crippen LogP contribution in [-0.4, -0.2) is 31.3 Å². The fraction of sp³-hybridized carbons (Fsp3) is 0.909. The van der Waals surface area contributed by atoms with Crippen molar-refractivity contribution >= 4 is 5.97 Å². The number of hydrogen-bond donors (Lipinski definition) is 0. The Morgan fingerprint density at radius 3 is 2.88 bits per heavy atom. The molecule has 4 atom stereocenters. The van der Waals surface area contributed by atoms with Gasteiger partial charge in [-0.3, -0.25) is 4.79 Å². The molecule has 0 bridgehead atoms. The third-order valence-corrected chi connectivity index (χ3v) is 3.12. The maximum absolute atomic E-state index is 11.4. The predicted molar refractivity (Wildman–Crippen MR) is 62.3 cm³/mol. The van der Waals surface area contributed by atoms with Crippen molar-refractivity contribution in [3.8, 4) is 0 Å². The first-order valence-corrected chi connectivity index (χ1v) is 5.86. The Kier molecular flexibility index (Phi) is 5.25. The van der Waals surface area contributed by atoms with Crippen molar-refractivity contribution < 1.29 is 14.3 Å².